The van der Waals surface area contributed by atoms with Crippen molar-refractivity contribution in [2.45, 2.75) is 69.9 Å². The minimum Gasteiger partial charge on any atom is -0.481 e. The van der Waals surface area contributed by atoms with Crippen LogP contribution >= 0.6 is 23.4 Å². The lowest BCUT2D eigenvalue weighted by atomic mass is 9.90. The molecule has 7 rings (SSSR count). The summed E-state index contributed by atoms with van der Waals surface area (Å²) >= 11 is 8.04. The van der Waals surface area contributed by atoms with Gasteiger partial charge in [0.05, 0.1) is 23.2 Å². The van der Waals surface area contributed by atoms with E-state index in [1.165, 1.54) is 16.7 Å². The predicted octanol–water partition coefficient (Wildman–Crippen LogP) is 11.6. The zero-order chi connectivity index (χ0) is 41.7. The Bertz CT molecular complexity index is 2250. The van der Waals surface area contributed by atoms with Gasteiger partial charge in [0.25, 0.3) is 0 Å². The third kappa shape index (κ3) is 13.6. The van der Waals surface area contributed by atoms with Crippen LogP contribution in [0.1, 0.15) is 83.9 Å². The highest BCUT2D eigenvalue weighted by atomic mass is 35.5. The zero-order valence-corrected chi connectivity index (χ0v) is 35.7. The number of benzene rings is 5. The molecular formula is C51H56ClN3O3S. The number of thioether (sulfide) groups is 1. The standard InChI is InChI=1S/C35H36ClNO3S.C16H20N2/c1-34(2,40)30-9-4-3-7-25(30)13-17-32(41-23-35(18-19-35)22-33(38)39)27-8-5-6-24(20-27)10-15-29-16-12-26-11-14-28(36)21-31(26)37-29;17-11-12-18(13-15-7-3-1-4-8-15)14-16-9-5-2-6-10-16/h3-12,14-16,20-21,32,40H,13,17-19,22-23H2,1-2H3,(H,38,39);1-10H,11-14,17H2/b15-10+;/t32-;/m1./s1. The molecule has 1 saturated carbocycles. The number of hydrogen-bond acceptors (Lipinski definition) is 6. The minimum atomic E-state index is -0.911. The third-order valence-corrected chi connectivity index (χ3v) is 12.7. The summed E-state index contributed by atoms with van der Waals surface area (Å²) in [6.45, 7) is 7.18. The van der Waals surface area contributed by atoms with Crippen molar-refractivity contribution in [2.75, 3.05) is 18.8 Å². The summed E-state index contributed by atoms with van der Waals surface area (Å²) < 4.78 is 0. The van der Waals surface area contributed by atoms with Gasteiger partial charge in [-0.05, 0) is 103 Å². The molecule has 5 aromatic carbocycles. The third-order valence-electron chi connectivity index (χ3n) is 10.8. The van der Waals surface area contributed by atoms with E-state index in [0.29, 0.717) is 11.6 Å². The van der Waals surface area contributed by atoms with Crippen LogP contribution in [0, 0.1) is 5.41 Å². The number of aryl methyl sites for hydroxylation is 1. The maximum atomic E-state index is 11.5. The first-order valence-electron chi connectivity index (χ1n) is 20.5. The number of aromatic nitrogens is 1. The molecule has 59 heavy (non-hydrogen) atoms. The highest BCUT2D eigenvalue weighted by Gasteiger charge is 2.44. The van der Waals surface area contributed by atoms with Crippen molar-refractivity contribution in [1.82, 2.24) is 9.88 Å². The van der Waals surface area contributed by atoms with Gasteiger partial charge in [-0.2, -0.15) is 11.8 Å². The maximum absolute atomic E-state index is 11.5. The Balaban J connectivity index is 0.000000271. The molecule has 0 radical (unpaired) electrons. The topological polar surface area (TPSA) is 99.7 Å². The van der Waals surface area contributed by atoms with Gasteiger partial charge in [0, 0.05) is 47.6 Å². The summed E-state index contributed by atoms with van der Waals surface area (Å²) in [6.07, 6.45) is 8.02. The summed E-state index contributed by atoms with van der Waals surface area (Å²) in [6, 6.07) is 47.5. The highest BCUT2D eigenvalue weighted by molar-refractivity contribution is 7.99. The molecule has 1 aliphatic carbocycles. The van der Waals surface area contributed by atoms with Gasteiger partial charge in [0.1, 0.15) is 0 Å². The summed E-state index contributed by atoms with van der Waals surface area (Å²) in [5.41, 5.74) is 13.5. The van der Waals surface area contributed by atoms with Crippen LogP contribution in [0.15, 0.2) is 140 Å². The number of fused-ring (bicyclic) bond motifs is 1. The molecule has 6 nitrogen and oxygen atoms in total. The van der Waals surface area contributed by atoms with Gasteiger partial charge in [0.2, 0.25) is 0 Å². The second-order valence-electron chi connectivity index (χ2n) is 16.2. The van der Waals surface area contributed by atoms with Crippen molar-refractivity contribution in [3.63, 3.8) is 0 Å². The molecule has 8 heteroatoms. The number of aliphatic carboxylic acids is 1. The van der Waals surface area contributed by atoms with Crippen LogP contribution in [0.2, 0.25) is 5.02 Å². The first-order chi connectivity index (χ1) is 28.5. The summed E-state index contributed by atoms with van der Waals surface area (Å²) in [4.78, 5) is 18.6. The van der Waals surface area contributed by atoms with Crippen molar-refractivity contribution < 1.29 is 15.0 Å². The monoisotopic (exact) mass is 825 g/mol. The number of nitrogens with two attached hydrogens (primary N) is 1. The Morgan fingerprint density at radius 3 is 2.17 bits per heavy atom. The quantitative estimate of drug-likeness (QED) is 0.0793. The number of pyridine rings is 1. The Labute approximate surface area is 359 Å². The van der Waals surface area contributed by atoms with Crippen LogP contribution in [0.5, 0.6) is 0 Å². The van der Waals surface area contributed by atoms with Crippen molar-refractivity contribution >= 4 is 52.4 Å². The molecule has 306 valence electrons. The van der Waals surface area contributed by atoms with E-state index in [1.807, 2.05) is 86.3 Å². The number of hydrogen-bond donors (Lipinski definition) is 3. The van der Waals surface area contributed by atoms with Crippen LogP contribution < -0.4 is 5.73 Å². The van der Waals surface area contributed by atoms with Crippen LogP contribution in [0.3, 0.4) is 0 Å². The van der Waals surface area contributed by atoms with Gasteiger partial charge in [-0.25, -0.2) is 4.98 Å². The highest BCUT2D eigenvalue weighted by Crippen LogP contribution is 2.53. The van der Waals surface area contributed by atoms with E-state index in [9.17, 15) is 15.0 Å². The van der Waals surface area contributed by atoms with Crippen LogP contribution in [0.4, 0.5) is 0 Å². The molecule has 1 atom stereocenters. The fourth-order valence-corrected chi connectivity index (χ4v) is 9.17. The molecule has 0 spiro atoms. The molecule has 0 saturated heterocycles. The Morgan fingerprint density at radius 2 is 1.53 bits per heavy atom. The Morgan fingerprint density at radius 1 is 0.864 bits per heavy atom. The maximum Gasteiger partial charge on any atom is 0.303 e. The molecule has 1 heterocycles. The minimum absolute atomic E-state index is 0.0814. The Kier molecular flexibility index (Phi) is 15.6. The van der Waals surface area contributed by atoms with Crippen molar-refractivity contribution in [2.24, 2.45) is 11.1 Å². The summed E-state index contributed by atoms with van der Waals surface area (Å²) in [5, 5.41) is 22.1. The molecule has 0 aliphatic heterocycles. The zero-order valence-electron chi connectivity index (χ0n) is 34.1. The molecule has 1 aliphatic rings. The van der Waals surface area contributed by atoms with Crippen molar-refractivity contribution in [3.8, 4) is 0 Å². The smallest absolute Gasteiger partial charge is 0.303 e. The lowest BCUT2D eigenvalue weighted by Crippen LogP contribution is -2.28. The van der Waals surface area contributed by atoms with E-state index in [-0.39, 0.29) is 17.1 Å². The number of carboxylic acids is 1. The number of rotatable bonds is 18. The van der Waals surface area contributed by atoms with E-state index in [1.54, 1.807) is 0 Å². The molecule has 0 amide bonds. The van der Waals surface area contributed by atoms with Crippen molar-refractivity contribution in [3.05, 3.63) is 184 Å². The van der Waals surface area contributed by atoms with Gasteiger partial charge < -0.3 is 15.9 Å². The van der Waals surface area contributed by atoms with E-state index in [4.69, 9.17) is 22.3 Å². The lowest BCUT2D eigenvalue weighted by Gasteiger charge is -2.24. The fraction of sp³-hybridized carbons (Fsp3) is 0.294. The second kappa shape index (κ2) is 21.0. The van der Waals surface area contributed by atoms with Gasteiger partial charge in [-0.1, -0.05) is 139 Å². The number of aliphatic hydroxyl groups is 1. The molecular weight excluding hydrogens is 770 g/mol. The largest absolute Gasteiger partial charge is 0.481 e. The fourth-order valence-electron chi connectivity index (χ4n) is 7.44. The number of nitrogens with zero attached hydrogens (tertiary/aromatic N) is 2. The number of halogens is 1. The van der Waals surface area contributed by atoms with Crippen molar-refractivity contribution in [1.29, 1.82) is 0 Å². The van der Waals surface area contributed by atoms with Gasteiger partial charge in [0.15, 0.2) is 0 Å². The average Bonchev–Trinajstić information content (AvgIpc) is 3.99. The number of carboxylic acid groups (broad SMARTS) is 1. The van der Waals surface area contributed by atoms with Gasteiger partial charge >= 0.3 is 5.97 Å². The molecule has 6 aromatic rings. The molecule has 4 N–H and O–H groups in total. The summed E-state index contributed by atoms with van der Waals surface area (Å²) in [7, 11) is 0. The SMILES string of the molecule is CC(C)(O)c1ccccc1CC[C@@H](SCC1(CC(=O)O)CC1)c1cccc(/C=C/c2ccc3ccc(Cl)cc3n2)c1.NCCN(Cc1ccccc1)Cc1ccccc1. The van der Waals surface area contributed by atoms with E-state index in [0.717, 1.165) is 84.4 Å². The number of carbonyl (C=O) groups is 1. The molecule has 1 fully saturated rings. The van der Waals surface area contributed by atoms with Gasteiger partial charge in [-0.3, -0.25) is 9.69 Å². The molecule has 0 unspecified atom stereocenters. The van der Waals surface area contributed by atoms with E-state index < -0.39 is 11.6 Å². The van der Waals surface area contributed by atoms with E-state index >= 15 is 0 Å². The van der Waals surface area contributed by atoms with Crippen LogP contribution in [-0.4, -0.2) is 44.9 Å². The molecule has 0 bridgehead atoms. The Hall–Kier alpha value is -4.76. The normalized spacial score (nSPS) is 13.9. The van der Waals surface area contributed by atoms with Crippen LogP contribution in [0.25, 0.3) is 23.1 Å². The first-order valence-corrected chi connectivity index (χ1v) is 21.9. The van der Waals surface area contributed by atoms with Gasteiger partial charge in [-0.15, -0.1) is 0 Å². The first kappa shape index (κ1) is 43.8. The lowest BCUT2D eigenvalue weighted by molar-refractivity contribution is -0.138. The molecule has 1 aromatic heterocycles. The average molecular weight is 827 g/mol. The van der Waals surface area contributed by atoms with Crippen LogP contribution in [-0.2, 0) is 29.9 Å². The summed E-state index contributed by atoms with van der Waals surface area (Å²) in [5.74, 6) is 0.122. The predicted molar refractivity (Wildman–Crippen MR) is 247 cm³/mol. The van der Waals surface area contributed by atoms with E-state index in [2.05, 4.69) is 95.9 Å². The second-order valence-corrected chi connectivity index (χ2v) is 17.8.